The fourth-order valence-corrected chi connectivity index (χ4v) is 1.74. The van der Waals surface area contributed by atoms with E-state index in [0.717, 1.165) is 18.4 Å². The van der Waals surface area contributed by atoms with Crippen LogP contribution in [0.2, 0.25) is 0 Å². The third kappa shape index (κ3) is 5.41. The van der Waals surface area contributed by atoms with Crippen LogP contribution in [0.15, 0.2) is 24.3 Å². The average molecular weight is 264 g/mol. The van der Waals surface area contributed by atoms with Gasteiger partial charge < -0.3 is 16.2 Å². The molecule has 4 N–H and O–H groups in total. The molecule has 19 heavy (non-hydrogen) atoms. The second-order valence-corrected chi connectivity index (χ2v) is 5.58. The molecule has 0 aromatic heterocycles. The maximum Gasteiger partial charge on any atom is 0.251 e. The zero-order valence-corrected chi connectivity index (χ0v) is 11.8. The first kappa shape index (κ1) is 15.7. The van der Waals surface area contributed by atoms with Gasteiger partial charge in [0.25, 0.3) is 5.91 Å². The molecule has 0 saturated heterocycles. The number of amides is 1. The van der Waals surface area contributed by atoms with Crippen molar-refractivity contribution in [3.8, 4) is 0 Å². The zero-order valence-electron chi connectivity index (χ0n) is 11.8. The molecule has 1 aromatic rings. The van der Waals surface area contributed by atoms with Crippen molar-refractivity contribution in [2.45, 2.75) is 33.2 Å². The summed E-state index contributed by atoms with van der Waals surface area (Å²) in [5.74, 6) is -0.0645. The first-order valence-electron chi connectivity index (χ1n) is 6.66. The number of hydrogen-bond acceptors (Lipinski definition) is 3. The third-order valence-corrected chi connectivity index (χ3v) is 3.20. The van der Waals surface area contributed by atoms with E-state index in [9.17, 15) is 4.79 Å². The van der Waals surface area contributed by atoms with E-state index < -0.39 is 0 Å². The summed E-state index contributed by atoms with van der Waals surface area (Å²) >= 11 is 0. The quantitative estimate of drug-likeness (QED) is 0.656. The van der Waals surface area contributed by atoms with Gasteiger partial charge >= 0.3 is 0 Å². The second-order valence-electron chi connectivity index (χ2n) is 5.58. The van der Waals surface area contributed by atoms with Crippen LogP contribution in [0, 0.1) is 5.41 Å². The van der Waals surface area contributed by atoms with Crippen molar-refractivity contribution in [2.75, 3.05) is 13.2 Å². The molecule has 0 aliphatic heterocycles. The monoisotopic (exact) mass is 264 g/mol. The van der Waals surface area contributed by atoms with Crippen LogP contribution >= 0.6 is 0 Å². The Balaban J connectivity index is 2.35. The van der Waals surface area contributed by atoms with Gasteiger partial charge in [-0.05, 0) is 36.0 Å². The topological polar surface area (TPSA) is 75.3 Å². The van der Waals surface area contributed by atoms with Crippen molar-refractivity contribution >= 4 is 5.91 Å². The first-order valence-corrected chi connectivity index (χ1v) is 6.66. The highest BCUT2D eigenvalue weighted by Gasteiger charge is 2.15. The fraction of sp³-hybridized carbons (Fsp3) is 0.533. The summed E-state index contributed by atoms with van der Waals surface area (Å²) in [6, 6.07) is 7.30. The second kappa shape index (κ2) is 7.26. The number of rotatable bonds is 7. The molecule has 1 amide bonds. The first-order chi connectivity index (χ1) is 8.98. The van der Waals surface area contributed by atoms with Gasteiger partial charge in [-0.15, -0.1) is 0 Å². The summed E-state index contributed by atoms with van der Waals surface area (Å²) in [6.07, 6.45) is 1.75. The molecule has 0 spiro atoms. The minimum Gasteiger partial charge on any atom is -0.396 e. The Morgan fingerprint density at radius 3 is 2.47 bits per heavy atom. The van der Waals surface area contributed by atoms with Gasteiger partial charge in [-0.1, -0.05) is 26.0 Å². The largest absolute Gasteiger partial charge is 0.396 e. The summed E-state index contributed by atoms with van der Waals surface area (Å²) in [7, 11) is 0. The van der Waals surface area contributed by atoms with E-state index in [2.05, 4.69) is 5.32 Å². The number of benzene rings is 1. The molecular formula is C15H24N2O2. The number of nitrogens with two attached hydrogens (primary N) is 1. The number of nitrogens with one attached hydrogen (secondary N) is 1. The molecule has 0 saturated carbocycles. The van der Waals surface area contributed by atoms with Gasteiger partial charge in [0.05, 0.1) is 0 Å². The molecular weight excluding hydrogens is 240 g/mol. The van der Waals surface area contributed by atoms with Crippen LogP contribution in [-0.4, -0.2) is 24.2 Å². The maximum atomic E-state index is 11.8. The van der Waals surface area contributed by atoms with Crippen molar-refractivity contribution in [1.29, 1.82) is 0 Å². The summed E-state index contributed by atoms with van der Waals surface area (Å²) in [4.78, 5) is 11.8. The molecule has 0 unspecified atom stereocenters. The fourth-order valence-electron chi connectivity index (χ4n) is 1.74. The number of carbonyl (C=O) groups is 1. The van der Waals surface area contributed by atoms with Crippen molar-refractivity contribution < 1.29 is 9.90 Å². The molecule has 106 valence electrons. The Hall–Kier alpha value is -1.39. The normalized spacial score (nSPS) is 11.4. The highest BCUT2D eigenvalue weighted by Crippen LogP contribution is 2.20. The predicted octanol–water partition coefficient (Wildman–Crippen LogP) is 1.67. The van der Waals surface area contributed by atoms with Crippen LogP contribution in [-0.2, 0) is 6.54 Å². The molecule has 4 heteroatoms. The standard InChI is InChI=1S/C15H24N2O2/c1-15(2,11-18)8-3-9-17-14(19)13-6-4-12(10-16)5-7-13/h4-7,18H,3,8-11,16H2,1-2H3,(H,17,19). The lowest BCUT2D eigenvalue weighted by Gasteiger charge is -2.21. The van der Waals surface area contributed by atoms with Crippen LogP contribution in [0.1, 0.15) is 42.6 Å². The van der Waals surface area contributed by atoms with Crippen LogP contribution < -0.4 is 11.1 Å². The lowest BCUT2D eigenvalue weighted by Crippen LogP contribution is -2.26. The van der Waals surface area contributed by atoms with Gasteiger partial charge in [-0.25, -0.2) is 0 Å². The molecule has 1 aromatic carbocycles. The summed E-state index contributed by atoms with van der Waals surface area (Å²) in [5.41, 5.74) is 7.10. The number of carbonyl (C=O) groups excluding carboxylic acids is 1. The Morgan fingerprint density at radius 2 is 1.95 bits per heavy atom. The van der Waals surface area contributed by atoms with Gasteiger partial charge in [0, 0.05) is 25.3 Å². The zero-order chi connectivity index (χ0) is 14.3. The van der Waals surface area contributed by atoms with Crippen LogP contribution in [0.3, 0.4) is 0 Å². The van der Waals surface area contributed by atoms with E-state index >= 15 is 0 Å². The average Bonchev–Trinajstić information content (AvgIpc) is 2.43. The lowest BCUT2D eigenvalue weighted by molar-refractivity contribution is 0.0948. The van der Waals surface area contributed by atoms with E-state index in [0.29, 0.717) is 18.7 Å². The molecule has 4 nitrogen and oxygen atoms in total. The molecule has 0 atom stereocenters. The van der Waals surface area contributed by atoms with Crippen molar-refractivity contribution in [1.82, 2.24) is 5.32 Å². The minimum atomic E-state index is -0.0759. The predicted molar refractivity (Wildman–Crippen MR) is 76.8 cm³/mol. The van der Waals surface area contributed by atoms with Crippen molar-refractivity contribution in [2.24, 2.45) is 11.1 Å². The molecule has 0 heterocycles. The Bertz CT molecular complexity index is 399. The van der Waals surface area contributed by atoms with E-state index in [4.69, 9.17) is 10.8 Å². The molecule has 0 aliphatic carbocycles. The van der Waals surface area contributed by atoms with Gasteiger partial charge in [-0.2, -0.15) is 0 Å². The number of aliphatic hydroxyl groups excluding tert-OH is 1. The van der Waals surface area contributed by atoms with Gasteiger partial charge in [0.1, 0.15) is 0 Å². The number of hydrogen-bond donors (Lipinski definition) is 3. The maximum absolute atomic E-state index is 11.8. The van der Waals surface area contributed by atoms with Crippen molar-refractivity contribution in [3.63, 3.8) is 0 Å². The van der Waals surface area contributed by atoms with E-state index in [1.165, 1.54) is 0 Å². The van der Waals surface area contributed by atoms with Gasteiger partial charge in [0.15, 0.2) is 0 Å². The Morgan fingerprint density at radius 1 is 1.32 bits per heavy atom. The van der Waals surface area contributed by atoms with Crippen LogP contribution in [0.5, 0.6) is 0 Å². The smallest absolute Gasteiger partial charge is 0.251 e. The highest BCUT2D eigenvalue weighted by atomic mass is 16.3. The summed E-state index contributed by atoms with van der Waals surface area (Å²) in [5, 5.41) is 12.0. The van der Waals surface area contributed by atoms with E-state index in [1.807, 2.05) is 26.0 Å². The Labute approximate surface area is 115 Å². The third-order valence-electron chi connectivity index (χ3n) is 3.20. The molecule has 0 radical (unpaired) electrons. The molecule has 1 rings (SSSR count). The van der Waals surface area contributed by atoms with E-state index in [1.54, 1.807) is 12.1 Å². The summed E-state index contributed by atoms with van der Waals surface area (Å²) in [6.45, 7) is 5.31. The number of aliphatic hydroxyl groups is 1. The van der Waals surface area contributed by atoms with Gasteiger partial charge in [-0.3, -0.25) is 4.79 Å². The SMILES string of the molecule is CC(C)(CO)CCCNC(=O)c1ccc(CN)cc1. The van der Waals surface area contributed by atoms with Crippen molar-refractivity contribution in [3.05, 3.63) is 35.4 Å². The minimum absolute atomic E-state index is 0.0645. The summed E-state index contributed by atoms with van der Waals surface area (Å²) < 4.78 is 0. The van der Waals surface area contributed by atoms with Crippen LogP contribution in [0.4, 0.5) is 0 Å². The lowest BCUT2D eigenvalue weighted by atomic mass is 9.89. The molecule has 0 fully saturated rings. The van der Waals surface area contributed by atoms with Gasteiger partial charge in [0.2, 0.25) is 0 Å². The van der Waals surface area contributed by atoms with E-state index in [-0.39, 0.29) is 17.9 Å². The molecule has 0 bridgehead atoms. The molecule has 0 aliphatic rings. The highest BCUT2D eigenvalue weighted by molar-refractivity contribution is 5.94. The Kier molecular flexibility index (Phi) is 5.99. The van der Waals surface area contributed by atoms with Crippen LogP contribution in [0.25, 0.3) is 0 Å².